The molecule has 3 amide bonds. The van der Waals surface area contributed by atoms with E-state index in [1.165, 1.54) is 4.90 Å². The van der Waals surface area contributed by atoms with E-state index in [9.17, 15) is 14.4 Å². The largest absolute Gasteiger partial charge is 0.378 e. The van der Waals surface area contributed by atoms with Crippen molar-refractivity contribution in [2.45, 2.75) is 38.2 Å². The molecule has 2 aliphatic rings. The predicted molar refractivity (Wildman–Crippen MR) is 113 cm³/mol. The van der Waals surface area contributed by atoms with E-state index in [1.807, 2.05) is 6.07 Å². The van der Waals surface area contributed by atoms with Gasteiger partial charge in [0.1, 0.15) is 6.54 Å². The highest BCUT2D eigenvalue weighted by atomic mass is 35.5. The van der Waals surface area contributed by atoms with Gasteiger partial charge in [-0.05, 0) is 37.9 Å². The number of hydrogen-bond acceptors (Lipinski definition) is 5. The third kappa shape index (κ3) is 6.16. The fourth-order valence-electron chi connectivity index (χ4n) is 3.57. The quantitative estimate of drug-likeness (QED) is 0.646. The minimum Gasteiger partial charge on any atom is -0.378 e. The maximum Gasteiger partial charge on any atom is 0.244 e. The molecule has 160 valence electrons. The third-order valence-electron chi connectivity index (χ3n) is 5.12. The van der Waals surface area contributed by atoms with Crippen LogP contribution in [0.1, 0.15) is 32.1 Å². The Balaban J connectivity index is 0.00000300. The molecule has 1 fully saturated rings. The van der Waals surface area contributed by atoms with Gasteiger partial charge in [0.2, 0.25) is 17.7 Å². The number of amides is 3. The van der Waals surface area contributed by atoms with E-state index in [0.29, 0.717) is 37.6 Å². The number of anilines is 2. The Labute approximate surface area is 177 Å². The second kappa shape index (κ2) is 11.1. The summed E-state index contributed by atoms with van der Waals surface area (Å²) in [5.74, 6) is -0.464. The maximum absolute atomic E-state index is 12.6. The fraction of sp³-hybridized carbons (Fsp3) is 0.550. The Bertz CT molecular complexity index is 722. The molecule has 9 heteroatoms. The molecule has 2 heterocycles. The van der Waals surface area contributed by atoms with E-state index in [0.717, 1.165) is 19.3 Å². The molecule has 1 aromatic carbocycles. The van der Waals surface area contributed by atoms with E-state index in [1.54, 1.807) is 23.1 Å². The Morgan fingerprint density at radius 2 is 1.83 bits per heavy atom. The van der Waals surface area contributed by atoms with Gasteiger partial charge in [-0.2, -0.15) is 0 Å². The summed E-state index contributed by atoms with van der Waals surface area (Å²) in [7, 11) is 0. The normalized spacial score (nSPS) is 16.7. The van der Waals surface area contributed by atoms with E-state index < -0.39 is 0 Å². The lowest BCUT2D eigenvalue weighted by molar-refractivity contribution is -0.135. The molecule has 0 atom stereocenters. The fourth-order valence-corrected chi connectivity index (χ4v) is 3.57. The van der Waals surface area contributed by atoms with E-state index in [4.69, 9.17) is 10.5 Å². The van der Waals surface area contributed by atoms with Crippen LogP contribution < -0.4 is 16.0 Å². The van der Waals surface area contributed by atoms with Crippen LogP contribution in [0, 0.1) is 0 Å². The van der Waals surface area contributed by atoms with Crippen LogP contribution in [0.25, 0.3) is 0 Å². The SMILES string of the molecule is Cl.NCCCOC1CCN(C(=O)CCC(=O)N2CC(=O)Nc3ccccc32)CC1. The standard InChI is InChI=1S/C20H28N4O4.ClH/c21-10-3-13-28-15-8-11-23(12-9-15)19(26)6-7-20(27)24-14-18(25)22-16-4-1-2-5-17(16)24;/h1-2,4-5,15H,3,6-14,21H2,(H,22,25);1H. The number of carbonyl (C=O) groups excluding carboxylic acids is 3. The number of nitrogens with zero attached hydrogens (tertiary/aromatic N) is 2. The number of rotatable bonds is 7. The minimum atomic E-state index is -0.227. The molecule has 8 nitrogen and oxygen atoms in total. The van der Waals surface area contributed by atoms with Crippen molar-refractivity contribution in [3.63, 3.8) is 0 Å². The third-order valence-corrected chi connectivity index (χ3v) is 5.12. The van der Waals surface area contributed by atoms with E-state index in [2.05, 4.69) is 5.32 Å². The zero-order chi connectivity index (χ0) is 19.9. The summed E-state index contributed by atoms with van der Waals surface area (Å²) in [5, 5.41) is 2.76. The average Bonchev–Trinajstić information content (AvgIpc) is 2.71. The molecule has 0 spiro atoms. The van der Waals surface area contributed by atoms with Crippen molar-refractivity contribution in [1.82, 2.24) is 4.90 Å². The number of benzene rings is 1. The molecular weight excluding hydrogens is 396 g/mol. The van der Waals surface area contributed by atoms with Crippen molar-refractivity contribution in [2.24, 2.45) is 5.73 Å². The highest BCUT2D eigenvalue weighted by Crippen LogP contribution is 2.29. The zero-order valence-electron chi connectivity index (χ0n) is 16.5. The van der Waals surface area contributed by atoms with E-state index >= 15 is 0 Å². The molecular formula is C20H29ClN4O4. The van der Waals surface area contributed by atoms with Gasteiger partial charge in [-0.25, -0.2) is 0 Å². The van der Waals surface area contributed by atoms with Crippen molar-refractivity contribution < 1.29 is 19.1 Å². The Hall–Kier alpha value is -2.16. The van der Waals surface area contributed by atoms with Gasteiger partial charge < -0.3 is 25.6 Å². The van der Waals surface area contributed by atoms with Gasteiger partial charge in [0.15, 0.2) is 0 Å². The summed E-state index contributed by atoms with van der Waals surface area (Å²) >= 11 is 0. The van der Waals surface area contributed by atoms with Crippen LogP contribution in [0.2, 0.25) is 0 Å². The maximum atomic E-state index is 12.6. The number of carbonyl (C=O) groups is 3. The van der Waals surface area contributed by atoms with Gasteiger partial charge in [0.05, 0.1) is 17.5 Å². The number of nitrogens with two attached hydrogens (primary N) is 1. The van der Waals surface area contributed by atoms with Crippen molar-refractivity contribution in [1.29, 1.82) is 0 Å². The number of likely N-dealkylation sites (tertiary alicyclic amines) is 1. The van der Waals surface area contributed by atoms with Crippen molar-refractivity contribution >= 4 is 41.5 Å². The van der Waals surface area contributed by atoms with Crippen LogP contribution in [-0.2, 0) is 19.1 Å². The van der Waals surface area contributed by atoms with Gasteiger partial charge in [0, 0.05) is 32.5 Å². The molecule has 1 aromatic rings. The molecule has 3 N–H and O–H groups in total. The van der Waals surface area contributed by atoms with Crippen LogP contribution in [-0.4, -0.2) is 61.5 Å². The Morgan fingerprint density at radius 1 is 1.14 bits per heavy atom. The number of nitrogens with one attached hydrogen (secondary N) is 1. The molecule has 3 rings (SSSR count). The van der Waals surface area contributed by atoms with Crippen molar-refractivity contribution in [2.75, 3.05) is 43.0 Å². The molecule has 2 aliphatic heterocycles. The topological polar surface area (TPSA) is 105 Å². The first-order chi connectivity index (χ1) is 13.6. The lowest BCUT2D eigenvalue weighted by Crippen LogP contribution is -2.43. The molecule has 0 aromatic heterocycles. The van der Waals surface area contributed by atoms with Gasteiger partial charge >= 0.3 is 0 Å². The molecule has 0 radical (unpaired) electrons. The minimum absolute atomic E-state index is 0. The summed E-state index contributed by atoms with van der Waals surface area (Å²) in [4.78, 5) is 40.2. The summed E-state index contributed by atoms with van der Waals surface area (Å²) in [6.45, 7) is 2.56. The smallest absolute Gasteiger partial charge is 0.244 e. The average molecular weight is 425 g/mol. The van der Waals surface area contributed by atoms with Crippen LogP contribution in [0.3, 0.4) is 0 Å². The molecule has 0 aliphatic carbocycles. The molecule has 29 heavy (non-hydrogen) atoms. The first kappa shape index (κ1) is 23.1. The van der Waals surface area contributed by atoms with Crippen molar-refractivity contribution in [3.8, 4) is 0 Å². The van der Waals surface area contributed by atoms with Gasteiger partial charge in [0.25, 0.3) is 0 Å². The van der Waals surface area contributed by atoms with Gasteiger partial charge in [-0.3, -0.25) is 14.4 Å². The van der Waals surface area contributed by atoms with Crippen molar-refractivity contribution in [3.05, 3.63) is 24.3 Å². The number of fused-ring (bicyclic) bond motifs is 1. The van der Waals surface area contributed by atoms with Gasteiger partial charge in [-0.15, -0.1) is 12.4 Å². The van der Waals surface area contributed by atoms with Crippen LogP contribution in [0.4, 0.5) is 11.4 Å². The lowest BCUT2D eigenvalue weighted by atomic mass is 10.1. The molecule has 1 saturated heterocycles. The molecule has 0 saturated carbocycles. The first-order valence-corrected chi connectivity index (χ1v) is 9.87. The number of ether oxygens (including phenoxy) is 1. The first-order valence-electron chi connectivity index (χ1n) is 9.87. The second-order valence-corrected chi connectivity index (χ2v) is 7.14. The summed E-state index contributed by atoms with van der Waals surface area (Å²) in [6, 6.07) is 7.18. The zero-order valence-corrected chi connectivity index (χ0v) is 17.3. The lowest BCUT2D eigenvalue weighted by Gasteiger charge is -2.32. The van der Waals surface area contributed by atoms with Crippen LogP contribution in [0.5, 0.6) is 0 Å². The molecule has 0 unspecified atom stereocenters. The summed E-state index contributed by atoms with van der Waals surface area (Å²) in [5.41, 5.74) is 6.76. The second-order valence-electron chi connectivity index (χ2n) is 7.14. The Kier molecular flexibility index (Phi) is 8.88. The predicted octanol–water partition coefficient (Wildman–Crippen LogP) is 1.53. The molecule has 0 bridgehead atoms. The number of piperidine rings is 1. The highest BCUT2D eigenvalue weighted by Gasteiger charge is 2.28. The summed E-state index contributed by atoms with van der Waals surface area (Å²) in [6.07, 6.45) is 2.89. The van der Waals surface area contributed by atoms with Crippen LogP contribution in [0.15, 0.2) is 24.3 Å². The number of para-hydroxylation sites is 2. The van der Waals surface area contributed by atoms with Gasteiger partial charge in [-0.1, -0.05) is 12.1 Å². The highest BCUT2D eigenvalue weighted by molar-refractivity contribution is 6.10. The Morgan fingerprint density at radius 3 is 2.55 bits per heavy atom. The number of hydrogen-bond donors (Lipinski definition) is 2. The van der Waals surface area contributed by atoms with E-state index in [-0.39, 0.29) is 55.6 Å². The number of halogens is 1. The monoisotopic (exact) mass is 424 g/mol. The van der Waals surface area contributed by atoms with Crippen LogP contribution >= 0.6 is 12.4 Å². The summed E-state index contributed by atoms with van der Waals surface area (Å²) < 4.78 is 5.76.